The van der Waals surface area contributed by atoms with E-state index in [0.29, 0.717) is 29.3 Å². The van der Waals surface area contributed by atoms with Crippen LogP contribution in [0.3, 0.4) is 0 Å². The normalized spacial score (nSPS) is 39.4. The number of hydrogen-bond acceptors (Lipinski definition) is 2. The molecule has 4 atom stereocenters. The van der Waals surface area contributed by atoms with Gasteiger partial charge in [-0.2, -0.15) is 5.06 Å². The number of fused-ring (bicyclic) bond motifs is 1. The van der Waals surface area contributed by atoms with E-state index in [2.05, 4.69) is 66.5 Å². The third-order valence-corrected chi connectivity index (χ3v) is 5.56. The van der Waals surface area contributed by atoms with Gasteiger partial charge in [0, 0.05) is 18.0 Å². The number of rotatable bonds is 3. The van der Waals surface area contributed by atoms with Crippen LogP contribution in [0.25, 0.3) is 0 Å². The monoisotopic (exact) mass is 293 g/mol. The van der Waals surface area contributed by atoms with Gasteiger partial charge in [-0.25, -0.2) is 0 Å². The zero-order chi connectivity index (χ0) is 16.0. The van der Waals surface area contributed by atoms with Crippen LogP contribution in [0.1, 0.15) is 74.7 Å². The first kappa shape index (κ1) is 17.0. The first-order valence-corrected chi connectivity index (χ1v) is 8.66. The van der Waals surface area contributed by atoms with E-state index in [-0.39, 0.29) is 5.60 Å². The fourth-order valence-electron chi connectivity index (χ4n) is 4.58. The molecule has 0 amide bonds. The minimum Gasteiger partial charge on any atom is -0.292 e. The summed E-state index contributed by atoms with van der Waals surface area (Å²) in [5.74, 6) is 1.34. The van der Waals surface area contributed by atoms with Crippen molar-refractivity contribution < 1.29 is 4.84 Å². The molecular formula is C19H35NO. The maximum absolute atomic E-state index is 6.36. The van der Waals surface area contributed by atoms with Crippen LogP contribution < -0.4 is 0 Å². The smallest absolute Gasteiger partial charge is 0.0888 e. The van der Waals surface area contributed by atoms with Gasteiger partial charge >= 0.3 is 0 Å². The molecule has 1 aliphatic heterocycles. The second-order valence-corrected chi connectivity index (χ2v) is 8.93. The molecule has 0 aromatic carbocycles. The fourth-order valence-corrected chi connectivity index (χ4v) is 4.58. The molecule has 2 fully saturated rings. The van der Waals surface area contributed by atoms with E-state index in [1.54, 1.807) is 0 Å². The molecule has 0 aromatic heterocycles. The SMILES string of the molecule is CC(C)=CC[C@@]1(C)C[C@@H]2[C@@H]([C@@H](C)C1)N(C(C)C)OC2(C)C. The highest BCUT2D eigenvalue weighted by Gasteiger charge is 2.56. The van der Waals surface area contributed by atoms with Crippen molar-refractivity contribution in [2.24, 2.45) is 17.3 Å². The van der Waals surface area contributed by atoms with Crippen LogP contribution in [-0.2, 0) is 4.84 Å². The third kappa shape index (κ3) is 3.37. The average Bonchev–Trinajstić information content (AvgIpc) is 2.60. The molecule has 1 heterocycles. The van der Waals surface area contributed by atoms with Gasteiger partial charge in [0.15, 0.2) is 0 Å². The Labute approximate surface area is 131 Å². The molecule has 0 radical (unpaired) electrons. The zero-order valence-corrected chi connectivity index (χ0v) is 15.4. The molecule has 2 nitrogen and oxygen atoms in total. The predicted octanol–water partition coefficient (Wildman–Crippen LogP) is 5.20. The van der Waals surface area contributed by atoms with Gasteiger partial charge in [0.2, 0.25) is 0 Å². The molecule has 1 saturated carbocycles. The summed E-state index contributed by atoms with van der Waals surface area (Å²) in [6.07, 6.45) is 6.22. The van der Waals surface area contributed by atoms with Crippen LogP contribution in [0.5, 0.6) is 0 Å². The van der Waals surface area contributed by atoms with Gasteiger partial charge in [-0.3, -0.25) is 4.84 Å². The summed E-state index contributed by atoms with van der Waals surface area (Å²) in [4.78, 5) is 6.36. The summed E-state index contributed by atoms with van der Waals surface area (Å²) in [7, 11) is 0. The Kier molecular flexibility index (Phi) is 4.62. The third-order valence-electron chi connectivity index (χ3n) is 5.56. The molecule has 21 heavy (non-hydrogen) atoms. The van der Waals surface area contributed by atoms with Crippen molar-refractivity contribution in [2.45, 2.75) is 92.3 Å². The Morgan fingerprint density at radius 3 is 2.38 bits per heavy atom. The van der Waals surface area contributed by atoms with Gasteiger partial charge in [0.25, 0.3) is 0 Å². The summed E-state index contributed by atoms with van der Waals surface area (Å²) >= 11 is 0. The molecule has 0 spiro atoms. The van der Waals surface area contributed by atoms with Gasteiger partial charge in [-0.05, 0) is 72.1 Å². The highest BCUT2D eigenvalue weighted by Crippen LogP contribution is 2.54. The standard InChI is InChI=1S/C19H35NO/c1-13(2)9-10-19(8)11-15(5)17-16(12-19)18(6,7)21-20(17)14(3)4/h9,14-17H,10-12H2,1-8H3/t15-,16+,17+,19+/m0/s1. The predicted molar refractivity (Wildman–Crippen MR) is 90.0 cm³/mol. The highest BCUT2D eigenvalue weighted by molar-refractivity contribution is 5.06. The van der Waals surface area contributed by atoms with E-state index in [1.807, 2.05) is 0 Å². The molecule has 1 aliphatic carbocycles. The first-order chi connectivity index (χ1) is 9.56. The lowest BCUT2D eigenvalue weighted by atomic mass is 9.60. The Morgan fingerprint density at radius 1 is 1.24 bits per heavy atom. The minimum absolute atomic E-state index is 0.0319. The van der Waals surface area contributed by atoms with Crippen LogP contribution in [0.15, 0.2) is 11.6 Å². The van der Waals surface area contributed by atoms with Crippen molar-refractivity contribution >= 4 is 0 Å². The van der Waals surface area contributed by atoms with Crippen LogP contribution in [0.2, 0.25) is 0 Å². The highest BCUT2D eigenvalue weighted by atomic mass is 16.7. The molecule has 0 N–H and O–H groups in total. The summed E-state index contributed by atoms with van der Waals surface area (Å²) in [5.41, 5.74) is 1.83. The summed E-state index contributed by atoms with van der Waals surface area (Å²) in [5, 5.41) is 2.30. The molecule has 122 valence electrons. The maximum Gasteiger partial charge on any atom is 0.0888 e. The Morgan fingerprint density at radius 2 is 1.86 bits per heavy atom. The number of hydrogen-bond donors (Lipinski definition) is 0. The van der Waals surface area contributed by atoms with Crippen molar-refractivity contribution in [3.8, 4) is 0 Å². The van der Waals surface area contributed by atoms with Crippen LogP contribution in [0, 0.1) is 17.3 Å². The number of nitrogens with zero attached hydrogens (tertiary/aromatic N) is 1. The molecule has 2 aliphatic rings. The van der Waals surface area contributed by atoms with Crippen molar-refractivity contribution in [2.75, 3.05) is 0 Å². The summed E-state index contributed by atoms with van der Waals surface area (Å²) in [6.45, 7) is 18.4. The molecule has 2 rings (SSSR count). The van der Waals surface area contributed by atoms with E-state index in [9.17, 15) is 0 Å². The van der Waals surface area contributed by atoms with E-state index in [4.69, 9.17) is 4.84 Å². The largest absolute Gasteiger partial charge is 0.292 e. The van der Waals surface area contributed by atoms with Gasteiger partial charge in [0.1, 0.15) is 0 Å². The van der Waals surface area contributed by atoms with E-state index in [1.165, 1.54) is 24.8 Å². The van der Waals surface area contributed by atoms with Crippen LogP contribution in [-0.4, -0.2) is 22.7 Å². The quantitative estimate of drug-likeness (QED) is 0.663. The minimum atomic E-state index is -0.0319. The Bertz CT molecular complexity index is 408. The van der Waals surface area contributed by atoms with Gasteiger partial charge in [0.05, 0.1) is 5.60 Å². The molecule has 1 saturated heterocycles. The molecule has 2 heteroatoms. The first-order valence-electron chi connectivity index (χ1n) is 8.66. The van der Waals surface area contributed by atoms with Crippen LogP contribution >= 0.6 is 0 Å². The summed E-state index contributed by atoms with van der Waals surface area (Å²) < 4.78 is 0. The lowest BCUT2D eigenvalue weighted by molar-refractivity contribution is -0.215. The van der Waals surface area contributed by atoms with Gasteiger partial charge < -0.3 is 0 Å². The lowest BCUT2D eigenvalue weighted by Gasteiger charge is -2.46. The second kappa shape index (κ2) is 5.70. The average molecular weight is 293 g/mol. The van der Waals surface area contributed by atoms with E-state index in [0.717, 1.165) is 0 Å². The number of hydroxylamine groups is 2. The van der Waals surface area contributed by atoms with Crippen molar-refractivity contribution in [1.29, 1.82) is 0 Å². The molecule has 0 bridgehead atoms. The molecule has 0 aromatic rings. The maximum atomic E-state index is 6.36. The number of allylic oxidation sites excluding steroid dienone is 2. The van der Waals surface area contributed by atoms with E-state index < -0.39 is 0 Å². The van der Waals surface area contributed by atoms with Crippen molar-refractivity contribution in [3.05, 3.63) is 11.6 Å². The Hall–Kier alpha value is -0.340. The van der Waals surface area contributed by atoms with Crippen molar-refractivity contribution in [1.82, 2.24) is 5.06 Å². The topological polar surface area (TPSA) is 12.5 Å². The lowest BCUT2D eigenvalue weighted by Crippen LogP contribution is -2.48. The van der Waals surface area contributed by atoms with Gasteiger partial charge in [-0.15, -0.1) is 0 Å². The second-order valence-electron chi connectivity index (χ2n) is 8.93. The Balaban J connectivity index is 2.24. The van der Waals surface area contributed by atoms with Crippen molar-refractivity contribution in [3.63, 3.8) is 0 Å². The van der Waals surface area contributed by atoms with Crippen LogP contribution in [0.4, 0.5) is 0 Å². The molecule has 0 unspecified atom stereocenters. The van der Waals surface area contributed by atoms with E-state index >= 15 is 0 Å². The molecular weight excluding hydrogens is 258 g/mol. The fraction of sp³-hybridized carbons (Fsp3) is 0.895. The van der Waals surface area contributed by atoms with Gasteiger partial charge in [-0.1, -0.05) is 25.5 Å². The summed E-state index contributed by atoms with van der Waals surface area (Å²) in [6, 6.07) is 1.05. The zero-order valence-electron chi connectivity index (χ0n) is 15.4.